The maximum Gasteiger partial charge on any atom is 0.134 e. The summed E-state index contributed by atoms with van der Waals surface area (Å²) < 4.78 is 5.38. The van der Waals surface area contributed by atoms with E-state index in [-0.39, 0.29) is 5.92 Å². The van der Waals surface area contributed by atoms with Gasteiger partial charge in [0.1, 0.15) is 5.78 Å². The minimum Gasteiger partial charge on any atom is -0.380 e. The SMILES string of the molecule is CC(=O)C1CCCN(C2CCOC2)C1. The predicted octanol–water partition coefficient (Wildman–Crippen LogP) is 1.08. The molecular weight excluding hydrogens is 178 g/mol. The Morgan fingerprint density at radius 1 is 1.43 bits per heavy atom. The van der Waals surface area contributed by atoms with Gasteiger partial charge in [-0.15, -0.1) is 0 Å². The van der Waals surface area contributed by atoms with E-state index in [1.54, 1.807) is 6.92 Å². The standard InChI is InChI=1S/C11H19NO2/c1-9(13)10-3-2-5-12(7-10)11-4-6-14-8-11/h10-11H,2-8H2,1H3. The summed E-state index contributed by atoms with van der Waals surface area (Å²) in [5.41, 5.74) is 0. The molecule has 0 aromatic rings. The van der Waals surface area contributed by atoms with Crippen molar-refractivity contribution in [2.45, 2.75) is 32.2 Å². The number of likely N-dealkylation sites (tertiary alicyclic amines) is 1. The Morgan fingerprint density at radius 2 is 2.29 bits per heavy atom. The molecule has 2 heterocycles. The number of hydrogen-bond donors (Lipinski definition) is 0. The Kier molecular flexibility index (Phi) is 3.19. The smallest absolute Gasteiger partial charge is 0.134 e. The van der Waals surface area contributed by atoms with Crippen LogP contribution in [0, 0.1) is 5.92 Å². The van der Waals surface area contributed by atoms with Gasteiger partial charge in [-0.3, -0.25) is 9.69 Å². The average Bonchev–Trinajstić information content (AvgIpc) is 2.71. The van der Waals surface area contributed by atoms with Crippen molar-refractivity contribution in [1.29, 1.82) is 0 Å². The van der Waals surface area contributed by atoms with Crippen LogP contribution < -0.4 is 0 Å². The molecule has 0 aromatic carbocycles. The zero-order valence-corrected chi connectivity index (χ0v) is 8.87. The van der Waals surface area contributed by atoms with Crippen LogP contribution in [0.15, 0.2) is 0 Å². The first-order valence-corrected chi connectivity index (χ1v) is 5.59. The van der Waals surface area contributed by atoms with E-state index in [4.69, 9.17) is 4.74 Å². The summed E-state index contributed by atoms with van der Waals surface area (Å²) in [6.07, 6.45) is 3.39. The van der Waals surface area contributed by atoms with Crippen LogP contribution >= 0.6 is 0 Å². The molecule has 14 heavy (non-hydrogen) atoms. The van der Waals surface area contributed by atoms with Gasteiger partial charge in [0.25, 0.3) is 0 Å². The van der Waals surface area contributed by atoms with Crippen LogP contribution in [0.5, 0.6) is 0 Å². The molecule has 2 fully saturated rings. The van der Waals surface area contributed by atoms with Crippen LogP contribution in [-0.2, 0) is 9.53 Å². The maximum absolute atomic E-state index is 11.3. The second kappa shape index (κ2) is 4.41. The lowest BCUT2D eigenvalue weighted by Crippen LogP contribution is -2.44. The fourth-order valence-corrected chi connectivity index (χ4v) is 2.48. The number of piperidine rings is 1. The fourth-order valence-electron chi connectivity index (χ4n) is 2.48. The Morgan fingerprint density at radius 3 is 2.93 bits per heavy atom. The van der Waals surface area contributed by atoms with Crippen LogP contribution in [0.25, 0.3) is 0 Å². The summed E-state index contributed by atoms with van der Waals surface area (Å²) >= 11 is 0. The van der Waals surface area contributed by atoms with E-state index in [1.807, 2.05) is 0 Å². The van der Waals surface area contributed by atoms with Crippen molar-refractivity contribution < 1.29 is 9.53 Å². The number of ketones is 1. The van der Waals surface area contributed by atoms with Crippen molar-refractivity contribution in [2.24, 2.45) is 5.92 Å². The van der Waals surface area contributed by atoms with E-state index >= 15 is 0 Å². The van der Waals surface area contributed by atoms with Gasteiger partial charge in [-0.1, -0.05) is 0 Å². The normalized spacial score (nSPS) is 34.6. The molecule has 2 unspecified atom stereocenters. The van der Waals surface area contributed by atoms with Gasteiger partial charge < -0.3 is 4.74 Å². The molecule has 0 amide bonds. The van der Waals surface area contributed by atoms with E-state index in [0.29, 0.717) is 11.8 Å². The van der Waals surface area contributed by atoms with Crippen LogP contribution in [-0.4, -0.2) is 43.0 Å². The van der Waals surface area contributed by atoms with Crippen LogP contribution in [0.1, 0.15) is 26.2 Å². The highest BCUT2D eigenvalue weighted by Crippen LogP contribution is 2.22. The highest BCUT2D eigenvalue weighted by atomic mass is 16.5. The predicted molar refractivity (Wildman–Crippen MR) is 54.2 cm³/mol. The molecule has 0 radical (unpaired) electrons. The Balaban J connectivity index is 1.89. The lowest BCUT2D eigenvalue weighted by atomic mass is 9.93. The molecule has 2 aliphatic rings. The van der Waals surface area contributed by atoms with E-state index in [2.05, 4.69) is 4.90 Å². The van der Waals surface area contributed by atoms with Crippen molar-refractivity contribution in [3.8, 4) is 0 Å². The topological polar surface area (TPSA) is 29.5 Å². The molecule has 0 bridgehead atoms. The largest absolute Gasteiger partial charge is 0.380 e. The van der Waals surface area contributed by atoms with E-state index in [1.165, 1.54) is 6.42 Å². The molecule has 2 atom stereocenters. The minimum atomic E-state index is 0.282. The maximum atomic E-state index is 11.3. The second-order valence-electron chi connectivity index (χ2n) is 4.46. The molecule has 0 aromatic heterocycles. The molecular formula is C11H19NO2. The van der Waals surface area contributed by atoms with E-state index in [9.17, 15) is 4.79 Å². The lowest BCUT2D eigenvalue weighted by Gasteiger charge is -2.35. The second-order valence-corrected chi connectivity index (χ2v) is 4.46. The molecule has 2 rings (SSSR count). The van der Waals surface area contributed by atoms with Crippen molar-refractivity contribution in [3.05, 3.63) is 0 Å². The number of carbonyl (C=O) groups excluding carboxylic acids is 1. The van der Waals surface area contributed by atoms with Crippen molar-refractivity contribution in [3.63, 3.8) is 0 Å². The minimum absolute atomic E-state index is 0.282. The van der Waals surface area contributed by atoms with Gasteiger partial charge in [0.2, 0.25) is 0 Å². The highest BCUT2D eigenvalue weighted by molar-refractivity contribution is 5.78. The average molecular weight is 197 g/mol. The molecule has 0 aliphatic carbocycles. The van der Waals surface area contributed by atoms with Crippen molar-refractivity contribution in [1.82, 2.24) is 4.90 Å². The molecule has 3 nitrogen and oxygen atoms in total. The van der Waals surface area contributed by atoms with E-state index in [0.717, 1.165) is 39.1 Å². The summed E-state index contributed by atoms with van der Waals surface area (Å²) in [4.78, 5) is 13.7. The Labute approximate surface area is 85.4 Å². The zero-order chi connectivity index (χ0) is 9.97. The van der Waals surface area contributed by atoms with Gasteiger partial charge in [-0.2, -0.15) is 0 Å². The molecule has 0 spiro atoms. The number of nitrogens with zero attached hydrogens (tertiary/aromatic N) is 1. The summed E-state index contributed by atoms with van der Waals surface area (Å²) in [7, 11) is 0. The third-order valence-electron chi connectivity index (χ3n) is 3.45. The fraction of sp³-hybridized carbons (Fsp3) is 0.909. The summed E-state index contributed by atoms with van der Waals surface area (Å²) in [5.74, 6) is 0.637. The molecule has 3 heteroatoms. The number of Topliss-reactive ketones (excluding diaryl/α,β-unsaturated/α-hetero) is 1. The third-order valence-corrected chi connectivity index (χ3v) is 3.45. The number of rotatable bonds is 2. The monoisotopic (exact) mass is 197 g/mol. The number of carbonyl (C=O) groups is 1. The molecule has 0 N–H and O–H groups in total. The highest BCUT2D eigenvalue weighted by Gasteiger charge is 2.29. The van der Waals surface area contributed by atoms with Crippen molar-refractivity contribution >= 4 is 5.78 Å². The number of ether oxygens (including phenoxy) is 1. The zero-order valence-electron chi connectivity index (χ0n) is 8.87. The van der Waals surface area contributed by atoms with Gasteiger partial charge in [-0.05, 0) is 32.7 Å². The Bertz CT molecular complexity index is 211. The molecule has 0 saturated carbocycles. The third kappa shape index (κ3) is 2.15. The van der Waals surface area contributed by atoms with Crippen LogP contribution in [0.2, 0.25) is 0 Å². The summed E-state index contributed by atoms with van der Waals surface area (Å²) in [5, 5.41) is 0. The van der Waals surface area contributed by atoms with Gasteiger partial charge >= 0.3 is 0 Å². The first kappa shape index (κ1) is 10.1. The molecule has 2 saturated heterocycles. The van der Waals surface area contributed by atoms with Gasteiger partial charge in [0.05, 0.1) is 6.61 Å². The quantitative estimate of drug-likeness (QED) is 0.663. The first-order chi connectivity index (χ1) is 6.77. The van der Waals surface area contributed by atoms with Crippen molar-refractivity contribution in [2.75, 3.05) is 26.3 Å². The lowest BCUT2D eigenvalue weighted by molar-refractivity contribution is -0.122. The van der Waals surface area contributed by atoms with Gasteiger partial charge in [0, 0.05) is 25.1 Å². The van der Waals surface area contributed by atoms with Gasteiger partial charge in [-0.25, -0.2) is 0 Å². The van der Waals surface area contributed by atoms with Crippen LogP contribution in [0.4, 0.5) is 0 Å². The first-order valence-electron chi connectivity index (χ1n) is 5.59. The summed E-state index contributed by atoms with van der Waals surface area (Å²) in [6, 6.07) is 0.581. The number of hydrogen-bond acceptors (Lipinski definition) is 3. The molecule has 80 valence electrons. The Hall–Kier alpha value is -0.410. The molecule has 2 aliphatic heterocycles. The van der Waals surface area contributed by atoms with Gasteiger partial charge in [0.15, 0.2) is 0 Å². The summed E-state index contributed by atoms with van der Waals surface area (Å²) in [6.45, 7) is 5.59. The van der Waals surface area contributed by atoms with E-state index < -0.39 is 0 Å². The van der Waals surface area contributed by atoms with Crippen LogP contribution in [0.3, 0.4) is 0 Å².